The lowest BCUT2D eigenvalue weighted by atomic mass is 10.1. The molecular formula is C15H16FN5O2. The number of nitrogens with one attached hydrogen (secondary N) is 2. The molecule has 0 saturated carbocycles. The van der Waals surface area contributed by atoms with Crippen LogP contribution in [-0.2, 0) is 20.5 Å². The Balaban J connectivity index is 1.80. The van der Waals surface area contributed by atoms with Gasteiger partial charge in [0.25, 0.3) is 5.56 Å². The van der Waals surface area contributed by atoms with Crippen molar-refractivity contribution >= 4 is 17.1 Å². The van der Waals surface area contributed by atoms with E-state index in [1.165, 1.54) is 23.7 Å². The molecule has 0 aliphatic carbocycles. The van der Waals surface area contributed by atoms with Gasteiger partial charge in [-0.3, -0.25) is 13.9 Å². The van der Waals surface area contributed by atoms with Crippen molar-refractivity contribution in [2.24, 2.45) is 14.1 Å². The first-order valence-electron chi connectivity index (χ1n) is 7.11. The summed E-state index contributed by atoms with van der Waals surface area (Å²) >= 11 is 0. The Hall–Kier alpha value is -2.90. The zero-order chi connectivity index (χ0) is 16.6. The Morgan fingerprint density at radius 1 is 1.17 bits per heavy atom. The van der Waals surface area contributed by atoms with Crippen molar-refractivity contribution in [3.8, 4) is 0 Å². The molecule has 7 nitrogen and oxygen atoms in total. The number of hydrogen-bond donors (Lipinski definition) is 2. The van der Waals surface area contributed by atoms with Gasteiger partial charge in [-0.2, -0.15) is 4.98 Å². The average molecular weight is 317 g/mol. The summed E-state index contributed by atoms with van der Waals surface area (Å²) in [5.74, 6) is 0.149. The third-order valence-electron chi connectivity index (χ3n) is 3.71. The summed E-state index contributed by atoms with van der Waals surface area (Å²) in [6, 6.07) is 6.26. The molecule has 0 radical (unpaired) electrons. The van der Waals surface area contributed by atoms with Crippen molar-refractivity contribution in [3.05, 3.63) is 56.5 Å². The third-order valence-corrected chi connectivity index (χ3v) is 3.71. The molecule has 2 N–H and O–H groups in total. The van der Waals surface area contributed by atoms with Crippen LogP contribution in [0, 0.1) is 5.82 Å². The summed E-state index contributed by atoms with van der Waals surface area (Å²) in [6.45, 7) is 0.555. The highest BCUT2D eigenvalue weighted by Crippen LogP contribution is 2.09. The molecule has 2 heterocycles. The Bertz CT molecular complexity index is 968. The van der Waals surface area contributed by atoms with Crippen molar-refractivity contribution < 1.29 is 4.39 Å². The van der Waals surface area contributed by atoms with Crippen LogP contribution in [0.3, 0.4) is 0 Å². The fourth-order valence-electron chi connectivity index (χ4n) is 2.39. The zero-order valence-electron chi connectivity index (χ0n) is 12.8. The van der Waals surface area contributed by atoms with E-state index in [0.29, 0.717) is 24.6 Å². The standard InChI is InChI=1S/C15H16FN5O2/c1-20-12-11(13(22)21(2)15(20)23)18-14(19-12)17-8-7-9-3-5-10(16)6-4-9/h3-6H,7-8H2,1-2H3,(H2,17,18,19). The maximum absolute atomic E-state index is 12.8. The number of anilines is 1. The van der Waals surface area contributed by atoms with E-state index in [1.54, 1.807) is 19.2 Å². The third kappa shape index (κ3) is 2.75. The predicted molar refractivity (Wildman–Crippen MR) is 85.2 cm³/mol. The van der Waals surface area contributed by atoms with Gasteiger partial charge in [0.2, 0.25) is 5.95 Å². The van der Waals surface area contributed by atoms with Gasteiger partial charge in [-0.15, -0.1) is 0 Å². The summed E-state index contributed by atoms with van der Waals surface area (Å²) in [5.41, 5.74) is 0.730. The topological polar surface area (TPSA) is 84.7 Å². The molecule has 8 heteroatoms. The maximum Gasteiger partial charge on any atom is 0.332 e. The van der Waals surface area contributed by atoms with E-state index < -0.39 is 11.2 Å². The van der Waals surface area contributed by atoms with Gasteiger partial charge < -0.3 is 10.3 Å². The molecule has 1 aromatic carbocycles. The van der Waals surface area contributed by atoms with Crippen molar-refractivity contribution in [2.75, 3.05) is 11.9 Å². The number of aromatic amines is 1. The Labute approximate surface area is 130 Å². The van der Waals surface area contributed by atoms with E-state index in [1.807, 2.05) is 0 Å². The molecule has 3 rings (SSSR count). The van der Waals surface area contributed by atoms with Crippen LogP contribution in [0.15, 0.2) is 33.9 Å². The van der Waals surface area contributed by atoms with Gasteiger partial charge in [0.05, 0.1) is 0 Å². The number of hydrogen-bond acceptors (Lipinski definition) is 4. The number of aryl methyl sites for hydroxylation is 1. The molecule has 120 valence electrons. The highest BCUT2D eigenvalue weighted by Gasteiger charge is 2.12. The second kappa shape index (κ2) is 5.71. The second-order valence-corrected chi connectivity index (χ2v) is 5.29. The van der Waals surface area contributed by atoms with Crippen LogP contribution >= 0.6 is 0 Å². The monoisotopic (exact) mass is 317 g/mol. The van der Waals surface area contributed by atoms with Gasteiger partial charge in [-0.05, 0) is 24.1 Å². The van der Waals surface area contributed by atoms with Crippen LogP contribution in [0.1, 0.15) is 5.56 Å². The quantitative estimate of drug-likeness (QED) is 0.744. The van der Waals surface area contributed by atoms with Gasteiger partial charge >= 0.3 is 5.69 Å². The number of nitrogens with zero attached hydrogens (tertiary/aromatic N) is 3. The number of rotatable bonds is 4. The van der Waals surface area contributed by atoms with Crippen molar-refractivity contribution in [1.29, 1.82) is 0 Å². The smallest absolute Gasteiger partial charge is 0.332 e. The van der Waals surface area contributed by atoms with E-state index in [2.05, 4.69) is 15.3 Å². The molecule has 2 aromatic heterocycles. The first-order valence-corrected chi connectivity index (χ1v) is 7.11. The molecule has 0 atom stereocenters. The summed E-state index contributed by atoms with van der Waals surface area (Å²) in [4.78, 5) is 31.1. The Morgan fingerprint density at radius 2 is 1.87 bits per heavy atom. The summed E-state index contributed by atoms with van der Waals surface area (Å²) < 4.78 is 15.2. The molecule has 0 unspecified atom stereocenters. The lowest BCUT2D eigenvalue weighted by Gasteiger charge is -2.02. The van der Waals surface area contributed by atoms with Crippen molar-refractivity contribution in [3.63, 3.8) is 0 Å². The number of H-pyrrole nitrogens is 1. The minimum Gasteiger partial charge on any atom is -0.355 e. The largest absolute Gasteiger partial charge is 0.355 e. The minimum absolute atomic E-state index is 0.268. The Kier molecular flexibility index (Phi) is 3.73. The molecular weight excluding hydrogens is 301 g/mol. The Morgan fingerprint density at radius 3 is 2.57 bits per heavy atom. The summed E-state index contributed by atoms with van der Waals surface area (Å²) in [6.07, 6.45) is 0.675. The van der Waals surface area contributed by atoms with Gasteiger partial charge in [0, 0.05) is 20.6 Å². The lowest BCUT2D eigenvalue weighted by molar-refractivity contribution is 0.627. The molecule has 0 spiro atoms. The highest BCUT2D eigenvalue weighted by molar-refractivity contribution is 5.72. The normalized spacial score (nSPS) is 11.1. The first kappa shape index (κ1) is 15.0. The van der Waals surface area contributed by atoms with Crippen LogP contribution in [0.25, 0.3) is 11.2 Å². The molecule has 0 bridgehead atoms. The van der Waals surface area contributed by atoms with Crippen LogP contribution in [-0.4, -0.2) is 25.6 Å². The summed E-state index contributed by atoms with van der Waals surface area (Å²) in [5, 5.41) is 3.07. The van der Waals surface area contributed by atoms with E-state index in [4.69, 9.17) is 0 Å². The summed E-state index contributed by atoms with van der Waals surface area (Å²) in [7, 11) is 2.99. The van der Waals surface area contributed by atoms with E-state index in [0.717, 1.165) is 10.1 Å². The van der Waals surface area contributed by atoms with E-state index in [-0.39, 0.29) is 11.3 Å². The van der Waals surface area contributed by atoms with Gasteiger partial charge in [0.15, 0.2) is 11.2 Å². The average Bonchev–Trinajstić information content (AvgIpc) is 2.97. The molecule has 23 heavy (non-hydrogen) atoms. The molecule has 0 amide bonds. The minimum atomic E-state index is -0.424. The molecule has 0 aliphatic rings. The highest BCUT2D eigenvalue weighted by atomic mass is 19.1. The number of aromatic nitrogens is 4. The van der Waals surface area contributed by atoms with Crippen LogP contribution in [0.2, 0.25) is 0 Å². The zero-order valence-corrected chi connectivity index (χ0v) is 12.8. The van der Waals surface area contributed by atoms with Gasteiger partial charge in [0.1, 0.15) is 5.82 Å². The van der Waals surface area contributed by atoms with Crippen molar-refractivity contribution in [2.45, 2.75) is 6.42 Å². The van der Waals surface area contributed by atoms with Gasteiger partial charge in [-0.1, -0.05) is 12.1 Å². The molecule has 0 fully saturated rings. The van der Waals surface area contributed by atoms with E-state index >= 15 is 0 Å². The number of imidazole rings is 1. The fraction of sp³-hybridized carbons (Fsp3) is 0.267. The number of benzene rings is 1. The van der Waals surface area contributed by atoms with Crippen molar-refractivity contribution in [1.82, 2.24) is 19.1 Å². The van der Waals surface area contributed by atoms with Crippen LogP contribution in [0.4, 0.5) is 10.3 Å². The number of fused-ring (bicyclic) bond motifs is 1. The first-order chi connectivity index (χ1) is 11.0. The van der Waals surface area contributed by atoms with Crippen LogP contribution in [0.5, 0.6) is 0 Å². The maximum atomic E-state index is 12.8. The predicted octanol–water partition coefficient (Wildman–Crippen LogP) is 0.754. The van der Waals surface area contributed by atoms with Gasteiger partial charge in [-0.25, -0.2) is 9.18 Å². The molecule has 0 saturated heterocycles. The lowest BCUT2D eigenvalue weighted by Crippen LogP contribution is -2.36. The second-order valence-electron chi connectivity index (χ2n) is 5.29. The number of halogens is 1. The van der Waals surface area contributed by atoms with Crippen LogP contribution < -0.4 is 16.6 Å². The fourth-order valence-corrected chi connectivity index (χ4v) is 2.39. The molecule has 0 aliphatic heterocycles. The SMILES string of the molecule is Cn1c(=O)c2[nH]c(NCCc3ccc(F)cc3)nc2n(C)c1=O. The van der Waals surface area contributed by atoms with E-state index in [9.17, 15) is 14.0 Å². The molecule has 3 aromatic rings.